The van der Waals surface area contributed by atoms with Crippen molar-refractivity contribution in [1.29, 1.82) is 0 Å². The molecule has 2 aliphatic carbocycles. The van der Waals surface area contributed by atoms with Crippen LogP contribution >= 0.6 is 0 Å². The quantitative estimate of drug-likeness (QED) is 0.281. The lowest BCUT2D eigenvalue weighted by atomic mass is 9.88. The monoisotopic (exact) mass is 495 g/mol. The van der Waals surface area contributed by atoms with Gasteiger partial charge in [-0.25, -0.2) is 4.98 Å². The zero-order valence-corrected chi connectivity index (χ0v) is 21.9. The maximum atomic E-state index is 14.2. The highest BCUT2D eigenvalue weighted by atomic mass is 16.5. The van der Waals surface area contributed by atoms with E-state index in [2.05, 4.69) is 45.9 Å². The third kappa shape index (κ3) is 4.84. The summed E-state index contributed by atoms with van der Waals surface area (Å²) in [5, 5.41) is 2.26. The van der Waals surface area contributed by atoms with Crippen molar-refractivity contribution in [3.8, 4) is 17.1 Å². The molecule has 0 aliphatic heterocycles. The average molecular weight is 496 g/mol. The van der Waals surface area contributed by atoms with Gasteiger partial charge in [-0.05, 0) is 66.8 Å². The molecule has 0 atom stereocenters. The highest BCUT2D eigenvalue weighted by molar-refractivity contribution is 5.90. The Morgan fingerprint density at radius 3 is 2.22 bits per heavy atom. The van der Waals surface area contributed by atoms with E-state index in [1.54, 1.807) is 7.11 Å². The molecule has 0 unspecified atom stereocenters. The maximum absolute atomic E-state index is 14.2. The van der Waals surface area contributed by atoms with Gasteiger partial charge in [0.25, 0.3) is 0 Å². The van der Waals surface area contributed by atoms with E-state index in [0.29, 0.717) is 18.6 Å². The number of ether oxygens (including phenoxy) is 1. The van der Waals surface area contributed by atoms with Crippen LogP contribution in [0.25, 0.3) is 33.2 Å². The van der Waals surface area contributed by atoms with Crippen LogP contribution < -0.4 is 4.74 Å². The Bertz CT molecular complexity index is 1380. The van der Waals surface area contributed by atoms with Gasteiger partial charge in [0.05, 0.1) is 18.1 Å². The molecule has 37 heavy (non-hydrogen) atoms. The van der Waals surface area contributed by atoms with Gasteiger partial charge in [0.1, 0.15) is 18.1 Å². The van der Waals surface area contributed by atoms with Gasteiger partial charge in [0, 0.05) is 17.6 Å². The van der Waals surface area contributed by atoms with Crippen LogP contribution in [0.4, 0.5) is 0 Å². The van der Waals surface area contributed by atoms with Crippen LogP contribution in [0.1, 0.15) is 64.2 Å². The minimum atomic E-state index is 0.258. The smallest absolute Gasteiger partial charge is 0.243 e. The molecule has 3 aromatic carbocycles. The van der Waals surface area contributed by atoms with E-state index in [1.807, 2.05) is 24.3 Å². The molecule has 2 aliphatic rings. The van der Waals surface area contributed by atoms with Gasteiger partial charge in [0.15, 0.2) is 0 Å². The van der Waals surface area contributed by atoms with Crippen LogP contribution in [0, 0.1) is 0 Å². The first-order valence-corrected chi connectivity index (χ1v) is 14.1. The fourth-order valence-electron chi connectivity index (χ4n) is 6.59. The van der Waals surface area contributed by atoms with Crippen molar-refractivity contribution < 1.29 is 9.53 Å². The number of carbonyl (C=O) groups is 1. The Hall–Kier alpha value is -3.34. The summed E-state index contributed by atoms with van der Waals surface area (Å²) in [6.07, 6.45) is 12.1. The molecular formula is C32H37N3O2. The summed E-state index contributed by atoms with van der Waals surface area (Å²) in [4.78, 5) is 21.5. The van der Waals surface area contributed by atoms with Crippen molar-refractivity contribution in [3.05, 3.63) is 60.7 Å². The van der Waals surface area contributed by atoms with Gasteiger partial charge in [-0.15, -0.1) is 0 Å². The van der Waals surface area contributed by atoms with E-state index in [-0.39, 0.29) is 5.91 Å². The van der Waals surface area contributed by atoms with E-state index < -0.39 is 0 Å². The number of hydrogen-bond acceptors (Lipinski definition) is 3. The van der Waals surface area contributed by atoms with Crippen molar-refractivity contribution in [2.24, 2.45) is 0 Å². The second-order valence-electron chi connectivity index (χ2n) is 10.8. The lowest BCUT2D eigenvalue weighted by molar-refractivity contribution is -0.138. The summed E-state index contributed by atoms with van der Waals surface area (Å²) in [6.45, 7) is 0.337. The van der Waals surface area contributed by atoms with E-state index in [0.717, 1.165) is 64.6 Å². The molecular weight excluding hydrogens is 458 g/mol. The summed E-state index contributed by atoms with van der Waals surface area (Å²) in [5.41, 5.74) is 2.98. The highest BCUT2D eigenvalue weighted by Crippen LogP contribution is 2.33. The minimum Gasteiger partial charge on any atom is -0.497 e. The SMILES string of the molecule is COc1ccc2cc(-c3nc4ccccc4n3CC(=O)N(C3CCCCC3)C3CCCCC3)ccc2c1. The Labute approximate surface area is 219 Å². The number of imidazole rings is 1. The molecule has 2 fully saturated rings. The van der Waals surface area contributed by atoms with Gasteiger partial charge < -0.3 is 14.2 Å². The van der Waals surface area contributed by atoms with E-state index >= 15 is 0 Å². The van der Waals surface area contributed by atoms with Gasteiger partial charge in [-0.3, -0.25) is 4.79 Å². The lowest BCUT2D eigenvalue weighted by Crippen LogP contribution is -2.50. The van der Waals surface area contributed by atoms with Crippen molar-refractivity contribution in [1.82, 2.24) is 14.5 Å². The molecule has 1 aromatic heterocycles. The van der Waals surface area contributed by atoms with Crippen molar-refractivity contribution in [3.63, 3.8) is 0 Å². The molecule has 5 heteroatoms. The van der Waals surface area contributed by atoms with Crippen molar-refractivity contribution in [2.75, 3.05) is 7.11 Å². The van der Waals surface area contributed by atoms with Crippen LogP contribution in [0.3, 0.4) is 0 Å². The van der Waals surface area contributed by atoms with Crippen LogP contribution in [-0.2, 0) is 11.3 Å². The molecule has 2 saturated carbocycles. The Balaban J connectivity index is 1.38. The first kappa shape index (κ1) is 24.0. The number of hydrogen-bond donors (Lipinski definition) is 0. The lowest BCUT2D eigenvalue weighted by Gasteiger charge is -2.42. The first-order valence-electron chi connectivity index (χ1n) is 14.1. The minimum absolute atomic E-state index is 0.258. The van der Waals surface area contributed by atoms with Gasteiger partial charge in [-0.2, -0.15) is 0 Å². The number of aromatic nitrogens is 2. The van der Waals surface area contributed by atoms with Crippen molar-refractivity contribution >= 4 is 27.7 Å². The number of rotatable bonds is 6. The Kier molecular flexibility index (Phi) is 6.86. The second kappa shape index (κ2) is 10.6. The summed E-state index contributed by atoms with van der Waals surface area (Å²) in [7, 11) is 1.69. The third-order valence-corrected chi connectivity index (χ3v) is 8.48. The van der Waals surface area contributed by atoms with E-state index in [4.69, 9.17) is 9.72 Å². The molecule has 192 valence electrons. The zero-order chi connectivity index (χ0) is 25.2. The largest absolute Gasteiger partial charge is 0.497 e. The van der Waals surface area contributed by atoms with Crippen LogP contribution in [0.15, 0.2) is 60.7 Å². The molecule has 1 amide bonds. The molecule has 0 spiro atoms. The van der Waals surface area contributed by atoms with Crippen LogP contribution in [0.2, 0.25) is 0 Å². The Morgan fingerprint density at radius 2 is 1.51 bits per heavy atom. The maximum Gasteiger partial charge on any atom is 0.243 e. The number of benzene rings is 3. The second-order valence-corrected chi connectivity index (χ2v) is 10.8. The van der Waals surface area contributed by atoms with E-state index in [1.165, 1.54) is 38.5 Å². The topological polar surface area (TPSA) is 47.4 Å². The average Bonchev–Trinajstić information content (AvgIpc) is 3.32. The molecule has 0 N–H and O–H groups in total. The summed E-state index contributed by atoms with van der Waals surface area (Å²) >= 11 is 0. The zero-order valence-electron chi connectivity index (χ0n) is 21.9. The summed E-state index contributed by atoms with van der Waals surface area (Å²) in [6, 6.07) is 21.5. The summed E-state index contributed by atoms with van der Waals surface area (Å²) < 4.78 is 7.56. The fourth-order valence-corrected chi connectivity index (χ4v) is 6.59. The molecule has 1 heterocycles. The third-order valence-electron chi connectivity index (χ3n) is 8.48. The van der Waals surface area contributed by atoms with Gasteiger partial charge >= 0.3 is 0 Å². The Morgan fingerprint density at radius 1 is 0.865 bits per heavy atom. The molecule has 5 nitrogen and oxygen atoms in total. The summed E-state index contributed by atoms with van der Waals surface area (Å²) in [5.74, 6) is 1.97. The number of amides is 1. The van der Waals surface area contributed by atoms with Crippen LogP contribution in [0.5, 0.6) is 5.75 Å². The van der Waals surface area contributed by atoms with Gasteiger partial charge in [-0.1, -0.05) is 68.9 Å². The highest BCUT2D eigenvalue weighted by Gasteiger charge is 2.33. The van der Waals surface area contributed by atoms with Gasteiger partial charge in [0.2, 0.25) is 5.91 Å². The number of para-hydroxylation sites is 2. The normalized spacial score (nSPS) is 17.3. The fraction of sp³-hybridized carbons (Fsp3) is 0.438. The molecule has 0 bridgehead atoms. The standard InChI is InChI=1S/C32H37N3O2/c1-37-28-19-18-23-20-25(17-16-24(23)21-28)32-33-29-14-8-9-15-30(29)34(32)22-31(36)35(26-10-4-2-5-11-26)27-12-6-3-7-13-27/h8-9,14-21,26-27H,2-7,10-13,22H2,1H3. The van der Waals surface area contributed by atoms with Crippen molar-refractivity contribution in [2.45, 2.75) is 82.8 Å². The number of nitrogens with zero attached hydrogens (tertiary/aromatic N) is 3. The molecule has 4 aromatic rings. The first-order chi connectivity index (χ1) is 18.2. The number of carbonyl (C=O) groups excluding carboxylic acids is 1. The number of methoxy groups -OCH3 is 1. The predicted octanol–water partition coefficient (Wildman–Crippen LogP) is 7.36. The van der Waals surface area contributed by atoms with E-state index in [9.17, 15) is 4.79 Å². The predicted molar refractivity (Wildman–Crippen MR) is 150 cm³/mol. The molecule has 6 rings (SSSR count). The number of fused-ring (bicyclic) bond motifs is 2. The van der Waals surface area contributed by atoms with Crippen LogP contribution in [-0.4, -0.2) is 39.6 Å². The molecule has 0 radical (unpaired) electrons. The molecule has 0 saturated heterocycles.